The maximum atomic E-state index is 13.3. The zero-order chi connectivity index (χ0) is 25.7. The number of amides is 1. The summed E-state index contributed by atoms with van der Waals surface area (Å²) >= 11 is 0. The van der Waals surface area contributed by atoms with Crippen molar-refractivity contribution in [1.82, 2.24) is 9.80 Å². The minimum atomic E-state index is -0.505. The van der Waals surface area contributed by atoms with Crippen LogP contribution < -0.4 is 4.74 Å². The lowest BCUT2D eigenvalue weighted by atomic mass is 10.0. The van der Waals surface area contributed by atoms with Gasteiger partial charge in [0.15, 0.2) is 0 Å². The van der Waals surface area contributed by atoms with E-state index in [4.69, 9.17) is 9.47 Å². The van der Waals surface area contributed by atoms with Crippen LogP contribution in [0, 0.1) is 0 Å². The Hall–Kier alpha value is -2.86. The zero-order valence-corrected chi connectivity index (χ0v) is 22.1. The number of ether oxygens (including phenoxy) is 2. The van der Waals surface area contributed by atoms with E-state index in [0.717, 1.165) is 50.2 Å². The lowest BCUT2D eigenvalue weighted by molar-refractivity contribution is -0.116. The first-order valence-corrected chi connectivity index (χ1v) is 13.2. The molecule has 1 heterocycles. The first-order valence-electron chi connectivity index (χ1n) is 13.2. The van der Waals surface area contributed by atoms with Crippen LogP contribution in [0.5, 0.6) is 5.75 Å². The molecule has 0 aromatic heterocycles. The van der Waals surface area contributed by atoms with E-state index in [-0.39, 0.29) is 24.0 Å². The number of rotatable bonds is 9. The third kappa shape index (κ3) is 7.33. The molecule has 0 spiro atoms. The molecular formula is C30H40N2O4. The molecule has 6 nitrogen and oxygen atoms in total. The van der Waals surface area contributed by atoms with Crippen LogP contribution in [-0.4, -0.2) is 65.6 Å². The molecule has 2 aromatic rings. The predicted molar refractivity (Wildman–Crippen MR) is 141 cm³/mol. The van der Waals surface area contributed by atoms with Gasteiger partial charge in [-0.25, -0.2) is 4.79 Å². The number of Topliss-reactive ketones (excluding diaryl/α,β-unsaturated/α-hetero) is 1. The first kappa shape index (κ1) is 26.2. The van der Waals surface area contributed by atoms with Crippen LogP contribution in [0.2, 0.25) is 0 Å². The maximum absolute atomic E-state index is 13.3. The summed E-state index contributed by atoms with van der Waals surface area (Å²) in [6.45, 7) is 10.8. The van der Waals surface area contributed by atoms with E-state index in [1.807, 2.05) is 51.1 Å². The minimum absolute atomic E-state index is 0.162. The summed E-state index contributed by atoms with van der Waals surface area (Å²) < 4.78 is 11.8. The standard InChI is InChI=1S/C30H40N2O4/c1-22(33)20-23-10-12-26(13-11-23)35-19-18-31-16-14-25(15-17-31)32(29(34)36-30(2,3)4)28-21-27(28)24-8-6-5-7-9-24/h5-13,25,27-28H,14-21H2,1-4H3/t27-,28+/m0/s1. The van der Waals surface area contributed by atoms with Crippen molar-refractivity contribution in [1.29, 1.82) is 0 Å². The van der Waals surface area contributed by atoms with Crippen molar-refractivity contribution in [2.24, 2.45) is 0 Å². The Morgan fingerprint density at radius 3 is 2.28 bits per heavy atom. The second-order valence-corrected chi connectivity index (χ2v) is 11.2. The molecule has 1 saturated heterocycles. The Labute approximate surface area is 215 Å². The topological polar surface area (TPSA) is 59.1 Å². The van der Waals surface area contributed by atoms with Gasteiger partial charge in [0.25, 0.3) is 0 Å². The van der Waals surface area contributed by atoms with E-state index in [1.165, 1.54) is 5.56 Å². The predicted octanol–water partition coefficient (Wildman–Crippen LogP) is 5.45. The Balaban J connectivity index is 1.28. The molecule has 0 N–H and O–H groups in total. The summed E-state index contributed by atoms with van der Waals surface area (Å²) in [4.78, 5) is 29.0. The summed E-state index contributed by atoms with van der Waals surface area (Å²) in [5.41, 5.74) is 1.81. The van der Waals surface area contributed by atoms with E-state index in [0.29, 0.717) is 18.9 Å². The van der Waals surface area contributed by atoms with E-state index in [1.54, 1.807) is 6.92 Å². The molecule has 4 rings (SSSR count). The van der Waals surface area contributed by atoms with Crippen LogP contribution in [0.25, 0.3) is 0 Å². The summed E-state index contributed by atoms with van der Waals surface area (Å²) in [7, 11) is 0. The largest absolute Gasteiger partial charge is 0.492 e. The summed E-state index contributed by atoms with van der Waals surface area (Å²) in [5.74, 6) is 1.38. The van der Waals surface area contributed by atoms with Crippen molar-refractivity contribution in [3.8, 4) is 5.75 Å². The van der Waals surface area contributed by atoms with Crippen molar-refractivity contribution >= 4 is 11.9 Å². The van der Waals surface area contributed by atoms with Crippen molar-refractivity contribution in [2.45, 2.75) is 77.0 Å². The highest BCUT2D eigenvalue weighted by Gasteiger charge is 2.48. The molecule has 194 valence electrons. The normalized spacial score (nSPS) is 20.6. The minimum Gasteiger partial charge on any atom is -0.492 e. The summed E-state index contributed by atoms with van der Waals surface area (Å²) in [6, 6.07) is 18.7. The fourth-order valence-electron chi connectivity index (χ4n) is 5.12. The number of benzene rings is 2. The van der Waals surface area contributed by atoms with Gasteiger partial charge in [-0.3, -0.25) is 9.69 Å². The van der Waals surface area contributed by atoms with E-state index >= 15 is 0 Å². The fourth-order valence-corrected chi connectivity index (χ4v) is 5.12. The van der Waals surface area contributed by atoms with Crippen LogP contribution in [0.3, 0.4) is 0 Å². The highest BCUT2D eigenvalue weighted by Crippen LogP contribution is 2.46. The molecule has 1 amide bonds. The zero-order valence-electron chi connectivity index (χ0n) is 22.1. The number of hydrogen-bond donors (Lipinski definition) is 0. The van der Waals surface area contributed by atoms with Gasteiger partial charge in [0, 0.05) is 44.1 Å². The van der Waals surface area contributed by atoms with Crippen molar-refractivity contribution in [3.05, 3.63) is 65.7 Å². The Bertz CT molecular complexity index is 1010. The van der Waals surface area contributed by atoms with E-state index in [2.05, 4.69) is 34.1 Å². The van der Waals surface area contributed by atoms with Gasteiger partial charge < -0.3 is 14.4 Å². The lowest BCUT2D eigenvalue weighted by Gasteiger charge is -2.39. The van der Waals surface area contributed by atoms with Gasteiger partial charge >= 0.3 is 6.09 Å². The molecule has 0 unspecified atom stereocenters. The second kappa shape index (κ2) is 11.5. The number of likely N-dealkylation sites (tertiary alicyclic amines) is 1. The molecule has 2 fully saturated rings. The average molecular weight is 493 g/mol. The molecular weight excluding hydrogens is 452 g/mol. The Morgan fingerprint density at radius 1 is 1.00 bits per heavy atom. The van der Waals surface area contributed by atoms with Crippen LogP contribution in [-0.2, 0) is 16.0 Å². The molecule has 2 atom stereocenters. The molecule has 1 saturated carbocycles. The number of ketones is 1. The number of hydrogen-bond acceptors (Lipinski definition) is 5. The molecule has 36 heavy (non-hydrogen) atoms. The highest BCUT2D eigenvalue weighted by atomic mass is 16.6. The van der Waals surface area contributed by atoms with Crippen molar-refractivity contribution in [3.63, 3.8) is 0 Å². The SMILES string of the molecule is CC(=O)Cc1ccc(OCCN2CCC(N(C(=O)OC(C)(C)C)[C@@H]3C[C@H]3c3ccccc3)CC2)cc1. The molecule has 0 radical (unpaired) electrons. The van der Waals surface area contributed by atoms with Gasteiger partial charge in [0.1, 0.15) is 23.7 Å². The quantitative estimate of drug-likeness (QED) is 0.466. The molecule has 2 aliphatic rings. The van der Waals surface area contributed by atoms with Crippen molar-refractivity contribution in [2.75, 3.05) is 26.2 Å². The Kier molecular flexibility index (Phi) is 8.35. The van der Waals surface area contributed by atoms with Gasteiger partial charge in [-0.05, 0) is 70.2 Å². The lowest BCUT2D eigenvalue weighted by Crippen LogP contribution is -2.50. The van der Waals surface area contributed by atoms with E-state index < -0.39 is 5.60 Å². The van der Waals surface area contributed by atoms with Crippen LogP contribution in [0.15, 0.2) is 54.6 Å². The van der Waals surface area contributed by atoms with Crippen LogP contribution in [0.4, 0.5) is 4.79 Å². The van der Waals surface area contributed by atoms with Gasteiger partial charge in [0.05, 0.1) is 0 Å². The molecule has 1 aliphatic carbocycles. The maximum Gasteiger partial charge on any atom is 0.410 e. The van der Waals surface area contributed by atoms with Crippen LogP contribution >= 0.6 is 0 Å². The first-order chi connectivity index (χ1) is 17.2. The van der Waals surface area contributed by atoms with Gasteiger partial charge in [-0.2, -0.15) is 0 Å². The van der Waals surface area contributed by atoms with Crippen molar-refractivity contribution < 1.29 is 19.1 Å². The highest BCUT2D eigenvalue weighted by molar-refractivity contribution is 5.78. The summed E-state index contributed by atoms with van der Waals surface area (Å²) in [6.07, 6.45) is 3.17. The van der Waals surface area contributed by atoms with Gasteiger partial charge in [-0.1, -0.05) is 42.5 Å². The van der Waals surface area contributed by atoms with Gasteiger partial charge in [-0.15, -0.1) is 0 Å². The van der Waals surface area contributed by atoms with E-state index in [9.17, 15) is 9.59 Å². The third-order valence-corrected chi connectivity index (χ3v) is 6.95. The van der Waals surface area contributed by atoms with Gasteiger partial charge in [0.2, 0.25) is 0 Å². The van der Waals surface area contributed by atoms with Crippen LogP contribution in [0.1, 0.15) is 64.0 Å². The monoisotopic (exact) mass is 492 g/mol. The smallest absolute Gasteiger partial charge is 0.410 e. The fraction of sp³-hybridized carbons (Fsp3) is 0.533. The average Bonchev–Trinajstić information content (AvgIpc) is 3.61. The number of piperidine rings is 1. The second-order valence-electron chi connectivity index (χ2n) is 11.2. The Morgan fingerprint density at radius 2 is 1.67 bits per heavy atom. The number of nitrogens with zero attached hydrogens (tertiary/aromatic N) is 2. The summed E-state index contributed by atoms with van der Waals surface area (Å²) in [5, 5.41) is 0. The molecule has 6 heteroatoms. The molecule has 0 bridgehead atoms. The molecule has 1 aliphatic heterocycles. The molecule has 2 aromatic carbocycles. The number of carbonyl (C=O) groups excluding carboxylic acids is 2. The number of carbonyl (C=O) groups is 2. The third-order valence-electron chi connectivity index (χ3n) is 6.95.